The highest BCUT2D eigenvalue weighted by molar-refractivity contribution is 9.10. The molecule has 0 aromatic carbocycles. The number of H-pyrrole nitrogens is 1. The Balaban J connectivity index is 2.64. The molecular formula is C10H15BrN2O2. The van der Waals surface area contributed by atoms with Crippen LogP contribution in [0.4, 0.5) is 0 Å². The van der Waals surface area contributed by atoms with E-state index in [0.29, 0.717) is 25.4 Å². The van der Waals surface area contributed by atoms with E-state index < -0.39 is 0 Å². The summed E-state index contributed by atoms with van der Waals surface area (Å²) in [5, 5.41) is 0. The van der Waals surface area contributed by atoms with Crippen molar-refractivity contribution in [2.45, 2.75) is 6.92 Å². The van der Waals surface area contributed by atoms with E-state index in [1.807, 2.05) is 6.92 Å². The first kappa shape index (κ1) is 12.3. The lowest BCUT2D eigenvalue weighted by atomic mass is 10.3. The van der Waals surface area contributed by atoms with Gasteiger partial charge in [0.2, 0.25) is 0 Å². The van der Waals surface area contributed by atoms with Crippen LogP contribution in [0.2, 0.25) is 0 Å². The summed E-state index contributed by atoms with van der Waals surface area (Å²) in [5.74, 6) is 0.000231. The summed E-state index contributed by atoms with van der Waals surface area (Å²) in [6, 6.07) is 1.78. The summed E-state index contributed by atoms with van der Waals surface area (Å²) in [4.78, 5) is 16.6. The second-order valence-electron chi connectivity index (χ2n) is 3.11. The first-order valence-electron chi connectivity index (χ1n) is 4.81. The van der Waals surface area contributed by atoms with Crippen LogP contribution < -0.4 is 0 Å². The number of halogens is 1. The Kier molecular flexibility index (Phi) is 4.84. The molecule has 15 heavy (non-hydrogen) atoms. The molecule has 84 valence electrons. The van der Waals surface area contributed by atoms with Crippen LogP contribution in [-0.4, -0.2) is 42.6 Å². The van der Waals surface area contributed by atoms with E-state index in [1.165, 1.54) is 0 Å². The van der Waals surface area contributed by atoms with E-state index in [-0.39, 0.29) is 5.91 Å². The molecule has 0 radical (unpaired) electrons. The number of nitrogens with one attached hydrogen (secondary N) is 1. The van der Waals surface area contributed by atoms with Gasteiger partial charge >= 0.3 is 0 Å². The van der Waals surface area contributed by atoms with Crippen LogP contribution in [0.15, 0.2) is 16.7 Å². The summed E-state index contributed by atoms with van der Waals surface area (Å²) in [7, 11) is 1.63. The van der Waals surface area contributed by atoms with Crippen LogP contribution in [0.3, 0.4) is 0 Å². The second kappa shape index (κ2) is 5.92. The number of hydrogen-bond donors (Lipinski definition) is 1. The molecule has 0 fully saturated rings. The van der Waals surface area contributed by atoms with Gasteiger partial charge in [0.1, 0.15) is 5.69 Å². The van der Waals surface area contributed by atoms with Gasteiger partial charge in [-0.15, -0.1) is 0 Å². The van der Waals surface area contributed by atoms with Crippen molar-refractivity contribution < 1.29 is 9.53 Å². The molecule has 1 amide bonds. The average molecular weight is 275 g/mol. The molecule has 0 spiro atoms. The lowest BCUT2D eigenvalue weighted by Crippen LogP contribution is -2.33. The number of aromatic nitrogens is 1. The summed E-state index contributed by atoms with van der Waals surface area (Å²) in [6.45, 7) is 3.80. The molecule has 0 atom stereocenters. The summed E-state index contributed by atoms with van der Waals surface area (Å²) < 4.78 is 5.84. The van der Waals surface area contributed by atoms with Gasteiger partial charge in [0.15, 0.2) is 0 Å². The Morgan fingerprint density at radius 3 is 2.87 bits per heavy atom. The molecule has 0 aliphatic rings. The number of methoxy groups -OCH3 is 1. The van der Waals surface area contributed by atoms with Crippen molar-refractivity contribution in [1.82, 2.24) is 9.88 Å². The van der Waals surface area contributed by atoms with E-state index in [0.717, 1.165) is 4.47 Å². The number of amides is 1. The number of aromatic amines is 1. The van der Waals surface area contributed by atoms with Gasteiger partial charge in [-0.25, -0.2) is 0 Å². The predicted octanol–water partition coefficient (Wildman–Crippen LogP) is 1.89. The Morgan fingerprint density at radius 2 is 2.40 bits per heavy atom. The highest BCUT2D eigenvalue weighted by Gasteiger charge is 2.14. The van der Waals surface area contributed by atoms with Crippen LogP contribution >= 0.6 is 15.9 Å². The molecule has 5 heteroatoms. The lowest BCUT2D eigenvalue weighted by molar-refractivity contribution is 0.0701. The van der Waals surface area contributed by atoms with Crippen molar-refractivity contribution in [2.75, 3.05) is 26.8 Å². The van der Waals surface area contributed by atoms with Crippen molar-refractivity contribution in [3.8, 4) is 0 Å². The second-order valence-corrected chi connectivity index (χ2v) is 4.02. The number of hydrogen-bond acceptors (Lipinski definition) is 2. The minimum atomic E-state index is 0.000231. The number of ether oxygens (including phenoxy) is 1. The van der Waals surface area contributed by atoms with Gasteiger partial charge in [0, 0.05) is 30.9 Å². The normalized spacial score (nSPS) is 10.3. The Bertz CT molecular complexity index is 325. The van der Waals surface area contributed by atoms with Crippen molar-refractivity contribution in [2.24, 2.45) is 0 Å². The van der Waals surface area contributed by atoms with E-state index in [1.54, 1.807) is 24.3 Å². The zero-order valence-electron chi connectivity index (χ0n) is 8.92. The maximum absolute atomic E-state index is 11.9. The van der Waals surface area contributed by atoms with Crippen molar-refractivity contribution in [3.63, 3.8) is 0 Å². The summed E-state index contributed by atoms with van der Waals surface area (Å²) in [5.41, 5.74) is 0.597. The van der Waals surface area contributed by atoms with E-state index in [2.05, 4.69) is 20.9 Å². The quantitative estimate of drug-likeness (QED) is 0.891. The number of carbonyl (C=O) groups excluding carboxylic acids is 1. The van der Waals surface area contributed by atoms with Gasteiger partial charge in [-0.3, -0.25) is 4.79 Å². The molecule has 1 N–H and O–H groups in total. The Hall–Kier alpha value is -0.810. The largest absolute Gasteiger partial charge is 0.383 e. The third-order valence-corrected chi connectivity index (χ3v) is 2.57. The van der Waals surface area contributed by atoms with Gasteiger partial charge in [0.05, 0.1) is 6.61 Å². The van der Waals surface area contributed by atoms with Crippen LogP contribution in [0, 0.1) is 0 Å². The fourth-order valence-electron chi connectivity index (χ4n) is 1.27. The third-order valence-electron chi connectivity index (χ3n) is 2.11. The highest BCUT2D eigenvalue weighted by Crippen LogP contribution is 2.12. The molecule has 1 heterocycles. The molecule has 0 aliphatic heterocycles. The molecule has 0 saturated carbocycles. The zero-order chi connectivity index (χ0) is 11.3. The fourth-order valence-corrected chi connectivity index (χ4v) is 1.61. The molecule has 1 aromatic rings. The van der Waals surface area contributed by atoms with E-state index in [4.69, 9.17) is 4.74 Å². The maximum Gasteiger partial charge on any atom is 0.270 e. The number of rotatable bonds is 5. The van der Waals surface area contributed by atoms with Crippen LogP contribution in [0.25, 0.3) is 0 Å². The topological polar surface area (TPSA) is 45.3 Å². The molecule has 0 bridgehead atoms. The minimum Gasteiger partial charge on any atom is -0.383 e. The fraction of sp³-hybridized carbons (Fsp3) is 0.500. The van der Waals surface area contributed by atoms with Crippen LogP contribution in [0.1, 0.15) is 17.4 Å². The van der Waals surface area contributed by atoms with Crippen LogP contribution in [0.5, 0.6) is 0 Å². The van der Waals surface area contributed by atoms with Gasteiger partial charge in [0.25, 0.3) is 5.91 Å². The molecule has 0 aliphatic carbocycles. The van der Waals surface area contributed by atoms with Crippen molar-refractivity contribution >= 4 is 21.8 Å². The lowest BCUT2D eigenvalue weighted by Gasteiger charge is -2.19. The Morgan fingerprint density at radius 1 is 1.67 bits per heavy atom. The SMILES string of the molecule is CCN(CCOC)C(=O)c1cc(Br)c[nH]1. The molecule has 0 unspecified atom stereocenters. The number of nitrogens with zero attached hydrogens (tertiary/aromatic N) is 1. The highest BCUT2D eigenvalue weighted by atomic mass is 79.9. The smallest absolute Gasteiger partial charge is 0.270 e. The third kappa shape index (κ3) is 3.35. The zero-order valence-corrected chi connectivity index (χ0v) is 10.5. The van der Waals surface area contributed by atoms with E-state index >= 15 is 0 Å². The molecule has 1 aromatic heterocycles. The van der Waals surface area contributed by atoms with E-state index in [9.17, 15) is 4.79 Å². The summed E-state index contributed by atoms with van der Waals surface area (Å²) >= 11 is 3.30. The average Bonchev–Trinajstić information content (AvgIpc) is 2.65. The molecule has 4 nitrogen and oxygen atoms in total. The summed E-state index contributed by atoms with van der Waals surface area (Å²) in [6.07, 6.45) is 1.75. The molecular weight excluding hydrogens is 260 g/mol. The van der Waals surface area contributed by atoms with Gasteiger partial charge < -0.3 is 14.6 Å². The van der Waals surface area contributed by atoms with Crippen molar-refractivity contribution in [3.05, 3.63) is 22.4 Å². The number of likely N-dealkylation sites (N-methyl/N-ethyl adjacent to an activating group) is 1. The van der Waals surface area contributed by atoms with Crippen molar-refractivity contribution in [1.29, 1.82) is 0 Å². The minimum absolute atomic E-state index is 0.000231. The maximum atomic E-state index is 11.9. The first-order valence-corrected chi connectivity index (χ1v) is 5.60. The molecule has 0 saturated heterocycles. The molecule has 1 rings (SSSR count). The van der Waals surface area contributed by atoms with Crippen LogP contribution in [-0.2, 0) is 4.74 Å². The van der Waals surface area contributed by atoms with Gasteiger partial charge in [-0.2, -0.15) is 0 Å². The first-order chi connectivity index (χ1) is 7.19. The van der Waals surface area contributed by atoms with Gasteiger partial charge in [-0.1, -0.05) is 0 Å². The Labute approximate surface area is 97.7 Å². The van der Waals surface area contributed by atoms with Gasteiger partial charge in [-0.05, 0) is 28.9 Å². The monoisotopic (exact) mass is 274 g/mol. The standard InChI is InChI=1S/C10H15BrN2O2/c1-3-13(4-5-15-2)10(14)9-6-8(11)7-12-9/h6-7,12H,3-5H2,1-2H3. The number of carbonyl (C=O) groups is 1. The predicted molar refractivity (Wildman–Crippen MR) is 61.9 cm³/mol.